The Morgan fingerprint density at radius 2 is 1.84 bits per heavy atom. The fourth-order valence-electron chi connectivity index (χ4n) is 3.77. The van der Waals surface area contributed by atoms with Crippen LogP contribution in [-0.2, 0) is 10.9 Å². The highest BCUT2D eigenvalue weighted by molar-refractivity contribution is 7.13. The topological polar surface area (TPSA) is 50.3 Å². The number of hydrogen-bond donors (Lipinski definition) is 1. The molecular formula is C23H19F3N4OS. The molecule has 1 saturated heterocycles. The number of fused-ring (bicyclic) bond motifs is 1. The molecule has 0 radical (unpaired) electrons. The summed E-state index contributed by atoms with van der Waals surface area (Å²) in [5, 5.41) is 5.55. The quantitative estimate of drug-likeness (QED) is 0.411. The van der Waals surface area contributed by atoms with Gasteiger partial charge in [0, 0.05) is 29.0 Å². The summed E-state index contributed by atoms with van der Waals surface area (Å²) in [5.74, 6) is 0.332. The monoisotopic (exact) mass is 456 g/mol. The van der Waals surface area contributed by atoms with Gasteiger partial charge in [0.1, 0.15) is 12.1 Å². The zero-order valence-corrected chi connectivity index (χ0v) is 17.7. The van der Waals surface area contributed by atoms with Crippen molar-refractivity contribution in [1.82, 2.24) is 9.97 Å². The van der Waals surface area contributed by atoms with Gasteiger partial charge in [0.05, 0.1) is 30.0 Å². The summed E-state index contributed by atoms with van der Waals surface area (Å²) in [6.07, 6.45) is -3.17. The van der Waals surface area contributed by atoms with Gasteiger partial charge in [0.2, 0.25) is 0 Å². The highest BCUT2D eigenvalue weighted by atomic mass is 32.1. The second-order valence-corrected chi connectivity index (χ2v) is 8.33. The summed E-state index contributed by atoms with van der Waals surface area (Å²) in [6, 6.07) is 14.0. The van der Waals surface area contributed by atoms with Crippen molar-refractivity contribution in [2.75, 3.05) is 36.5 Å². The second-order valence-electron chi connectivity index (χ2n) is 7.38. The van der Waals surface area contributed by atoms with E-state index < -0.39 is 11.7 Å². The number of thiophene rings is 1. The molecule has 0 unspecified atom stereocenters. The lowest BCUT2D eigenvalue weighted by molar-refractivity contribution is -0.136. The van der Waals surface area contributed by atoms with Gasteiger partial charge in [-0.2, -0.15) is 13.2 Å². The Morgan fingerprint density at radius 3 is 2.59 bits per heavy atom. The zero-order chi connectivity index (χ0) is 22.1. The Morgan fingerprint density at radius 1 is 1.00 bits per heavy atom. The average molecular weight is 456 g/mol. The van der Waals surface area contributed by atoms with Crippen molar-refractivity contribution in [2.45, 2.75) is 6.18 Å². The highest BCUT2D eigenvalue weighted by Crippen LogP contribution is 2.39. The van der Waals surface area contributed by atoms with Crippen molar-refractivity contribution in [3.63, 3.8) is 0 Å². The van der Waals surface area contributed by atoms with Crippen LogP contribution in [0.1, 0.15) is 5.56 Å². The van der Waals surface area contributed by atoms with E-state index in [1.54, 1.807) is 17.4 Å². The van der Waals surface area contributed by atoms with Crippen LogP contribution in [0.5, 0.6) is 0 Å². The molecule has 1 aliphatic rings. The Kier molecular flexibility index (Phi) is 5.44. The molecule has 9 heteroatoms. The van der Waals surface area contributed by atoms with E-state index in [-0.39, 0.29) is 5.69 Å². The predicted molar refractivity (Wildman–Crippen MR) is 121 cm³/mol. The zero-order valence-electron chi connectivity index (χ0n) is 16.9. The van der Waals surface area contributed by atoms with Gasteiger partial charge in [-0.15, -0.1) is 11.3 Å². The van der Waals surface area contributed by atoms with Crippen LogP contribution in [0.2, 0.25) is 0 Å². The number of halogens is 3. The normalized spacial score (nSPS) is 14.7. The summed E-state index contributed by atoms with van der Waals surface area (Å²) in [5.41, 5.74) is 1.36. The molecule has 32 heavy (non-hydrogen) atoms. The van der Waals surface area contributed by atoms with Crippen molar-refractivity contribution < 1.29 is 17.9 Å². The lowest BCUT2D eigenvalue weighted by Gasteiger charge is -2.29. The molecule has 1 N–H and O–H groups in total. The third-order valence-electron chi connectivity index (χ3n) is 5.38. The van der Waals surface area contributed by atoms with Crippen LogP contribution in [0.25, 0.3) is 21.3 Å². The van der Waals surface area contributed by atoms with E-state index in [0.29, 0.717) is 48.7 Å². The van der Waals surface area contributed by atoms with Gasteiger partial charge >= 0.3 is 6.18 Å². The number of morpholine rings is 1. The summed E-state index contributed by atoms with van der Waals surface area (Å²) in [7, 11) is 0. The molecule has 1 aliphatic heterocycles. The minimum absolute atomic E-state index is 0.0453. The lowest BCUT2D eigenvalue weighted by Crippen LogP contribution is -2.36. The third kappa shape index (κ3) is 4.13. The number of aromatic nitrogens is 2. The van der Waals surface area contributed by atoms with E-state index in [1.165, 1.54) is 18.5 Å². The van der Waals surface area contributed by atoms with Crippen molar-refractivity contribution in [1.29, 1.82) is 0 Å². The van der Waals surface area contributed by atoms with E-state index in [4.69, 9.17) is 4.74 Å². The van der Waals surface area contributed by atoms with Crippen LogP contribution in [0.4, 0.5) is 30.4 Å². The van der Waals surface area contributed by atoms with Crippen molar-refractivity contribution >= 4 is 39.4 Å². The number of nitrogens with one attached hydrogen (secondary N) is 1. The maximum Gasteiger partial charge on any atom is 0.418 e. The molecule has 0 aliphatic carbocycles. The molecule has 164 valence electrons. The number of ether oxygens (including phenoxy) is 1. The molecule has 2 aromatic heterocycles. The number of rotatable bonds is 4. The summed E-state index contributed by atoms with van der Waals surface area (Å²) >= 11 is 1.59. The van der Waals surface area contributed by atoms with Crippen molar-refractivity contribution in [3.8, 4) is 10.4 Å². The molecule has 0 saturated carbocycles. The average Bonchev–Trinajstić information content (AvgIpc) is 3.34. The SMILES string of the molecule is FC(F)(F)c1cc(N2CCOCC2)ccc1Nc1ncnc2ccc(-c3cccs3)cc12. The summed E-state index contributed by atoms with van der Waals surface area (Å²) in [6.45, 7) is 2.12. The molecular weight excluding hydrogens is 437 g/mol. The van der Waals surface area contributed by atoms with Gasteiger partial charge in [-0.3, -0.25) is 0 Å². The van der Waals surface area contributed by atoms with Crippen LogP contribution < -0.4 is 10.2 Å². The molecule has 1 fully saturated rings. The number of hydrogen-bond acceptors (Lipinski definition) is 6. The van der Waals surface area contributed by atoms with E-state index in [1.807, 2.05) is 40.6 Å². The largest absolute Gasteiger partial charge is 0.418 e. The fourth-order valence-corrected chi connectivity index (χ4v) is 4.50. The summed E-state index contributed by atoms with van der Waals surface area (Å²) in [4.78, 5) is 11.5. The highest BCUT2D eigenvalue weighted by Gasteiger charge is 2.34. The maximum absolute atomic E-state index is 13.9. The minimum atomic E-state index is -4.52. The fraction of sp³-hybridized carbons (Fsp3) is 0.217. The number of alkyl halides is 3. The first-order valence-corrected chi connectivity index (χ1v) is 11.0. The Hall–Kier alpha value is -3.17. The van der Waals surface area contributed by atoms with Crippen LogP contribution in [0.15, 0.2) is 60.2 Å². The molecule has 5 rings (SSSR count). The third-order valence-corrected chi connectivity index (χ3v) is 6.30. The standard InChI is InChI=1S/C23H19F3N4OS/c24-23(25,26)18-13-16(30-7-9-31-10-8-30)4-6-20(18)29-22-17-12-15(21-2-1-11-32-21)3-5-19(17)27-14-28-22/h1-6,11-14H,7-10H2,(H,27,28,29). The van der Waals surface area contributed by atoms with E-state index >= 15 is 0 Å². The molecule has 2 aromatic carbocycles. The van der Waals surface area contributed by atoms with E-state index in [9.17, 15) is 13.2 Å². The van der Waals surface area contributed by atoms with Gasteiger partial charge in [0.15, 0.2) is 0 Å². The molecule has 0 bridgehead atoms. The number of nitrogens with zero attached hydrogens (tertiary/aromatic N) is 3. The second kappa shape index (κ2) is 8.40. The van der Waals surface area contributed by atoms with Gasteiger partial charge < -0.3 is 15.0 Å². The van der Waals surface area contributed by atoms with Gasteiger partial charge in [0.25, 0.3) is 0 Å². The Balaban J connectivity index is 1.55. The molecule has 0 spiro atoms. The molecule has 3 heterocycles. The van der Waals surface area contributed by atoms with Crippen molar-refractivity contribution in [2.24, 2.45) is 0 Å². The van der Waals surface area contributed by atoms with Crippen LogP contribution >= 0.6 is 11.3 Å². The maximum atomic E-state index is 13.9. The van der Waals surface area contributed by atoms with Crippen molar-refractivity contribution in [3.05, 3.63) is 65.8 Å². The molecule has 0 atom stereocenters. The Bertz CT molecular complexity index is 1240. The van der Waals surface area contributed by atoms with Crippen LogP contribution in [0.3, 0.4) is 0 Å². The first-order chi connectivity index (χ1) is 15.5. The van der Waals surface area contributed by atoms with E-state index in [0.717, 1.165) is 10.4 Å². The lowest BCUT2D eigenvalue weighted by atomic mass is 10.1. The van der Waals surface area contributed by atoms with Gasteiger partial charge in [-0.1, -0.05) is 12.1 Å². The first kappa shape index (κ1) is 20.7. The number of anilines is 3. The van der Waals surface area contributed by atoms with Crippen LogP contribution in [-0.4, -0.2) is 36.3 Å². The predicted octanol–water partition coefficient (Wildman–Crippen LogP) is 5.96. The Labute approximate surface area is 186 Å². The molecule has 4 aromatic rings. The van der Waals surface area contributed by atoms with Gasteiger partial charge in [-0.25, -0.2) is 9.97 Å². The van der Waals surface area contributed by atoms with E-state index in [2.05, 4.69) is 15.3 Å². The first-order valence-electron chi connectivity index (χ1n) is 10.1. The molecule has 0 amide bonds. The van der Waals surface area contributed by atoms with Crippen LogP contribution in [0, 0.1) is 0 Å². The molecule has 5 nitrogen and oxygen atoms in total. The number of benzene rings is 2. The smallest absolute Gasteiger partial charge is 0.378 e. The minimum Gasteiger partial charge on any atom is -0.378 e. The van der Waals surface area contributed by atoms with Gasteiger partial charge in [-0.05, 0) is 47.3 Å². The summed E-state index contributed by atoms with van der Waals surface area (Å²) < 4.78 is 47.2.